The maximum absolute atomic E-state index is 6.42. The quantitative estimate of drug-likeness (QED) is 0.845. The molecule has 86 valence electrons. The first-order valence-corrected chi connectivity index (χ1v) is 6.18. The van der Waals surface area contributed by atoms with Crippen LogP contribution >= 0.6 is 0 Å². The summed E-state index contributed by atoms with van der Waals surface area (Å²) >= 11 is 0. The Labute approximate surface area is 96.8 Å². The predicted octanol–water partition coefficient (Wildman–Crippen LogP) is 2.81. The van der Waals surface area contributed by atoms with E-state index in [4.69, 9.17) is 10.5 Å². The van der Waals surface area contributed by atoms with E-state index in [1.165, 1.54) is 31.2 Å². The highest BCUT2D eigenvalue weighted by molar-refractivity contribution is 5.35. The highest BCUT2D eigenvalue weighted by Crippen LogP contribution is 2.66. The molecule has 2 N–H and O–H groups in total. The molecule has 2 nitrogen and oxygen atoms in total. The van der Waals surface area contributed by atoms with Crippen molar-refractivity contribution in [3.8, 4) is 5.75 Å². The molecule has 0 amide bonds. The van der Waals surface area contributed by atoms with Crippen LogP contribution in [0, 0.1) is 5.41 Å². The van der Waals surface area contributed by atoms with Gasteiger partial charge in [0.15, 0.2) is 0 Å². The molecular weight excluding hydrogens is 198 g/mol. The van der Waals surface area contributed by atoms with Crippen LogP contribution in [0.25, 0.3) is 0 Å². The highest BCUT2D eigenvalue weighted by Gasteiger charge is 2.59. The van der Waals surface area contributed by atoms with Crippen LogP contribution in [0.5, 0.6) is 5.75 Å². The number of benzene rings is 1. The van der Waals surface area contributed by atoms with Crippen LogP contribution < -0.4 is 10.5 Å². The molecule has 3 rings (SSSR count). The van der Waals surface area contributed by atoms with Gasteiger partial charge in [0, 0.05) is 5.54 Å². The highest BCUT2D eigenvalue weighted by atomic mass is 16.5. The van der Waals surface area contributed by atoms with E-state index in [9.17, 15) is 0 Å². The summed E-state index contributed by atoms with van der Waals surface area (Å²) in [5.74, 6) is 0.940. The molecule has 0 aromatic heterocycles. The average molecular weight is 217 g/mol. The minimum Gasteiger partial charge on any atom is -0.494 e. The number of hydrogen-bond acceptors (Lipinski definition) is 2. The predicted molar refractivity (Wildman–Crippen MR) is 64.4 cm³/mol. The standard InChI is InChI=1S/C14H19NO/c1-2-16-12-5-3-11(4-6-12)14(15)9-13(10-14)7-8-13/h3-6H,2,7-10,15H2,1H3. The number of hydrogen-bond donors (Lipinski definition) is 1. The van der Waals surface area contributed by atoms with Crippen LogP contribution in [0.15, 0.2) is 24.3 Å². The third kappa shape index (κ3) is 1.52. The van der Waals surface area contributed by atoms with Gasteiger partial charge in [0.25, 0.3) is 0 Å². The number of ether oxygens (including phenoxy) is 1. The first-order chi connectivity index (χ1) is 7.66. The van der Waals surface area contributed by atoms with E-state index in [0.29, 0.717) is 5.41 Å². The van der Waals surface area contributed by atoms with E-state index in [1.807, 2.05) is 19.1 Å². The molecule has 0 bridgehead atoms. The molecule has 0 aliphatic heterocycles. The van der Waals surface area contributed by atoms with Crippen molar-refractivity contribution < 1.29 is 4.74 Å². The van der Waals surface area contributed by atoms with Crippen LogP contribution in [0.3, 0.4) is 0 Å². The molecule has 0 heterocycles. The summed E-state index contributed by atoms with van der Waals surface area (Å²) in [6.45, 7) is 2.72. The Kier molecular flexibility index (Phi) is 2.05. The smallest absolute Gasteiger partial charge is 0.119 e. The third-order valence-corrected chi connectivity index (χ3v) is 4.08. The average Bonchev–Trinajstić information content (AvgIpc) is 2.99. The summed E-state index contributed by atoms with van der Waals surface area (Å²) < 4.78 is 5.44. The van der Waals surface area contributed by atoms with Gasteiger partial charge in [0.1, 0.15) is 5.75 Å². The van der Waals surface area contributed by atoms with Gasteiger partial charge in [-0.1, -0.05) is 12.1 Å². The van der Waals surface area contributed by atoms with Gasteiger partial charge < -0.3 is 10.5 Å². The molecule has 2 aliphatic rings. The molecule has 0 radical (unpaired) electrons. The molecule has 2 heteroatoms. The van der Waals surface area contributed by atoms with Gasteiger partial charge in [0.05, 0.1) is 6.61 Å². The summed E-state index contributed by atoms with van der Waals surface area (Å²) in [7, 11) is 0. The normalized spacial score (nSPS) is 23.9. The lowest BCUT2D eigenvalue weighted by atomic mass is 9.63. The fourth-order valence-corrected chi connectivity index (χ4v) is 3.07. The Balaban J connectivity index is 1.74. The maximum atomic E-state index is 6.42. The van der Waals surface area contributed by atoms with Crippen LogP contribution in [0.1, 0.15) is 38.2 Å². The van der Waals surface area contributed by atoms with Crippen molar-refractivity contribution >= 4 is 0 Å². The molecule has 1 aromatic rings. The van der Waals surface area contributed by atoms with Crippen molar-refractivity contribution in [3.63, 3.8) is 0 Å². The lowest BCUT2D eigenvalue weighted by Gasteiger charge is -2.46. The Bertz CT molecular complexity index is 384. The first kappa shape index (κ1) is 10.2. The van der Waals surface area contributed by atoms with Crippen molar-refractivity contribution in [3.05, 3.63) is 29.8 Å². The fourth-order valence-electron chi connectivity index (χ4n) is 3.07. The van der Waals surface area contributed by atoms with E-state index in [0.717, 1.165) is 12.4 Å². The zero-order valence-corrected chi connectivity index (χ0v) is 9.83. The molecule has 1 aromatic carbocycles. The minimum atomic E-state index is -0.0543. The maximum Gasteiger partial charge on any atom is 0.119 e. The topological polar surface area (TPSA) is 35.2 Å². The van der Waals surface area contributed by atoms with Gasteiger partial charge in [-0.15, -0.1) is 0 Å². The zero-order valence-electron chi connectivity index (χ0n) is 9.83. The molecule has 2 fully saturated rings. The molecule has 1 spiro atoms. The molecule has 2 aliphatic carbocycles. The Hall–Kier alpha value is -1.02. The van der Waals surface area contributed by atoms with E-state index >= 15 is 0 Å². The molecule has 16 heavy (non-hydrogen) atoms. The van der Waals surface area contributed by atoms with Crippen molar-refractivity contribution in [1.82, 2.24) is 0 Å². The van der Waals surface area contributed by atoms with Gasteiger partial charge in [-0.05, 0) is 55.7 Å². The summed E-state index contributed by atoms with van der Waals surface area (Å²) in [6.07, 6.45) is 5.13. The van der Waals surface area contributed by atoms with Crippen LogP contribution in [0.4, 0.5) is 0 Å². The minimum absolute atomic E-state index is 0.0543. The summed E-state index contributed by atoms with van der Waals surface area (Å²) in [5.41, 5.74) is 8.29. The van der Waals surface area contributed by atoms with Gasteiger partial charge in [-0.25, -0.2) is 0 Å². The largest absolute Gasteiger partial charge is 0.494 e. The Morgan fingerprint density at radius 3 is 2.31 bits per heavy atom. The Morgan fingerprint density at radius 2 is 1.81 bits per heavy atom. The van der Waals surface area contributed by atoms with Crippen LogP contribution in [-0.4, -0.2) is 6.61 Å². The van der Waals surface area contributed by atoms with Crippen molar-refractivity contribution in [2.75, 3.05) is 6.61 Å². The number of nitrogens with two attached hydrogens (primary N) is 1. The molecule has 2 saturated carbocycles. The van der Waals surface area contributed by atoms with E-state index in [2.05, 4.69) is 12.1 Å². The van der Waals surface area contributed by atoms with Crippen molar-refractivity contribution in [1.29, 1.82) is 0 Å². The first-order valence-electron chi connectivity index (χ1n) is 6.18. The van der Waals surface area contributed by atoms with Gasteiger partial charge in [-0.2, -0.15) is 0 Å². The SMILES string of the molecule is CCOc1ccc(C2(N)CC3(CC3)C2)cc1. The van der Waals surface area contributed by atoms with Crippen LogP contribution in [0.2, 0.25) is 0 Å². The summed E-state index contributed by atoms with van der Waals surface area (Å²) in [4.78, 5) is 0. The molecule has 0 unspecified atom stereocenters. The monoisotopic (exact) mass is 217 g/mol. The second kappa shape index (κ2) is 3.24. The van der Waals surface area contributed by atoms with Crippen molar-refractivity contribution in [2.45, 2.75) is 38.1 Å². The Morgan fingerprint density at radius 1 is 1.19 bits per heavy atom. The lowest BCUT2D eigenvalue weighted by molar-refractivity contribution is 0.125. The van der Waals surface area contributed by atoms with Gasteiger partial charge in [-0.3, -0.25) is 0 Å². The summed E-state index contributed by atoms with van der Waals surface area (Å²) in [6, 6.07) is 8.32. The van der Waals surface area contributed by atoms with E-state index in [-0.39, 0.29) is 5.54 Å². The summed E-state index contributed by atoms with van der Waals surface area (Å²) in [5, 5.41) is 0. The van der Waals surface area contributed by atoms with E-state index < -0.39 is 0 Å². The van der Waals surface area contributed by atoms with Crippen LogP contribution in [-0.2, 0) is 5.54 Å². The van der Waals surface area contributed by atoms with Crippen molar-refractivity contribution in [2.24, 2.45) is 11.1 Å². The second-order valence-electron chi connectivity index (χ2n) is 5.47. The van der Waals surface area contributed by atoms with Gasteiger partial charge in [0.2, 0.25) is 0 Å². The van der Waals surface area contributed by atoms with E-state index in [1.54, 1.807) is 0 Å². The third-order valence-electron chi connectivity index (χ3n) is 4.08. The molecular formula is C14H19NO. The zero-order chi connectivity index (χ0) is 11.2. The molecule has 0 atom stereocenters. The van der Waals surface area contributed by atoms with Gasteiger partial charge >= 0.3 is 0 Å². The number of rotatable bonds is 3. The lowest BCUT2D eigenvalue weighted by Crippen LogP contribution is -2.50. The second-order valence-corrected chi connectivity index (χ2v) is 5.47. The fraction of sp³-hybridized carbons (Fsp3) is 0.571. The molecule has 0 saturated heterocycles.